The van der Waals surface area contributed by atoms with Gasteiger partial charge in [-0.25, -0.2) is 9.78 Å². The van der Waals surface area contributed by atoms with Gasteiger partial charge in [-0.05, 0) is 42.0 Å². The lowest BCUT2D eigenvalue weighted by atomic mass is 10.2. The summed E-state index contributed by atoms with van der Waals surface area (Å²) >= 11 is 6.84. The number of aryl methyl sites for hydroxylation is 1. The zero-order valence-corrected chi connectivity index (χ0v) is 14.6. The third-order valence-corrected chi connectivity index (χ3v) is 4.14. The third kappa shape index (κ3) is 4.42. The van der Waals surface area contributed by atoms with E-state index in [0.29, 0.717) is 16.5 Å². The highest BCUT2D eigenvalue weighted by atomic mass is 35.5. The van der Waals surface area contributed by atoms with Crippen LogP contribution in [0.4, 0.5) is 0 Å². The van der Waals surface area contributed by atoms with Gasteiger partial charge >= 0.3 is 5.97 Å². The maximum absolute atomic E-state index is 11.5. The number of carboxylic acid groups (broad SMARTS) is 1. The molecule has 0 atom stereocenters. The summed E-state index contributed by atoms with van der Waals surface area (Å²) in [4.78, 5) is 15.7. The Balaban J connectivity index is 2.31. The van der Waals surface area contributed by atoms with E-state index in [1.807, 2.05) is 6.92 Å². The molecular weight excluding hydrogens is 354 g/mol. The summed E-state index contributed by atoms with van der Waals surface area (Å²) in [5, 5.41) is 26.3. The number of aliphatic carboxylic acids is 1. The molecule has 0 aliphatic rings. The van der Waals surface area contributed by atoms with E-state index < -0.39 is 5.97 Å². The van der Waals surface area contributed by atoms with Crippen LogP contribution in [-0.4, -0.2) is 38.5 Å². The molecule has 128 valence electrons. The summed E-state index contributed by atoms with van der Waals surface area (Å²) in [6.07, 6.45) is 3.06. The fourth-order valence-corrected chi connectivity index (χ4v) is 2.83. The Kier molecular flexibility index (Phi) is 6.10. The molecule has 0 saturated carbocycles. The van der Waals surface area contributed by atoms with Gasteiger partial charge in [0.15, 0.2) is 11.5 Å². The molecule has 2 rings (SSSR count). The minimum absolute atomic E-state index is 0.0147. The van der Waals surface area contributed by atoms with Crippen molar-refractivity contribution in [2.75, 3.05) is 7.11 Å². The number of phenolic OH excluding ortho intramolecular Hbond substituents is 1. The quantitative estimate of drug-likeness (QED) is 0.507. The fraction of sp³-hybridized carbons (Fsp3) is 0.267. The zero-order valence-electron chi connectivity index (χ0n) is 13.0. The van der Waals surface area contributed by atoms with Gasteiger partial charge in [-0.15, -0.1) is 5.10 Å². The van der Waals surface area contributed by atoms with Crippen molar-refractivity contribution >= 4 is 35.4 Å². The van der Waals surface area contributed by atoms with Gasteiger partial charge < -0.3 is 14.9 Å². The van der Waals surface area contributed by atoms with E-state index >= 15 is 0 Å². The first-order valence-electron chi connectivity index (χ1n) is 7.05. The molecule has 1 heterocycles. The van der Waals surface area contributed by atoms with Crippen LogP contribution in [0.15, 0.2) is 22.2 Å². The van der Waals surface area contributed by atoms with Crippen LogP contribution in [0, 0.1) is 0 Å². The Morgan fingerprint density at radius 1 is 1.50 bits per heavy atom. The molecule has 0 saturated heterocycles. The number of carboxylic acids is 1. The van der Waals surface area contributed by atoms with Gasteiger partial charge in [-0.3, -0.25) is 5.10 Å². The summed E-state index contributed by atoms with van der Waals surface area (Å²) < 4.78 is 5.01. The first-order valence-corrected chi connectivity index (χ1v) is 8.24. The number of methoxy groups -OCH3 is 1. The predicted octanol–water partition coefficient (Wildman–Crippen LogP) is 3.34. The van der Waals surface area contributed by atoms with Crippen molar-refractivity contribution < 1.29 is 19.7 Å². The highest BCUT2D eigenvalue weighted by molar-refractivity contribution is 8.04. The van der Waals surface area contributed by atoms with Crippen LogP contribution in [0.2, 0.25) is 5.02 Å². The maximum atomic E-state index is 11.5. The molecule has 0 spiro atoms. The Bertz CT molecular complexity index is 776. The molecule has 24 heavy (non-hydrogen) atoms. The molecule has 0 fully saturated rings. The lowest BCUT2D eigenvalue weighted by molar-refractivity contribution is -0.131. The van der Waals surface area contributed by atoms with Crippen molar-refractivity contribution in [1.29, 1.82) is 0 Å². The van der Waals surface area contributed by atoms with E-state index in [0.717, 1.165) is 24.6 Å². The zero-order chi connectivity index (χ0) is 17.7. The first-order chi connectivity index (χ1) is 11.4. The number of nitrogens with one attached hydrogen (secondary N) is 1. The van der Waals surface area contributed by atoms with E-state index in [-0.39, 0.29) is 21.4 Å². The van der Waals surface area contributed by atoms with Crippen LogP contribution >= 0.6 is 23.4 Å². The van der Waals surface area contributed by atoms with Gasteiger partial charge in [0.1, 0.15) is 10.7 Å². The van der Waals surface area contributed by atoms with Gasteiger partial charge in [0.2, 0.25) is 5.16 Å². The number of halogens is 1. The van der Waals surface area contributed by atoms with E-state index in [1.54, 1.807) is 0 Å². The number of ether oxygens (including phenoxy) is 1. The molecule has 0 unspecified atom stereocenters. The van der Waals surface area contributed by atoms with Crippen molar-refractivity contribution in [3.05, 3.63) is 33.4 Å². The highest BCUT2D eigenvalue weighted by Crippen LogP contribution is 2.36. The molecule has 3 N–H and O–H groups in total. The Morgan fingerprint density at radius 3 is 2.88 bits per heavy atom. The number of H-pyrrole nitrogens is 1. The summed E-state index contributed by atoms with van der Waals surface area (Å²) in [5.74, 6) is -0.449. The lowest BCUT2D eigenvalue weighted by Gasteiger charge is -2.07. The van der Waals surface area contributed by atoms with Crippen molar-refractivity contribution in [2.45, 2.75) is 24.9 Å². The van der Waals surface area contributed by atoms with E-state index in [4.69, 9.17) is 16.3 Å². The number of aromatic amines is 1. The van der Waals surface area contributed by atoms with Gasteiger partial charge in [-0.2, -0.15) is 0 Å². The number of carbonyl (C=O) groups is 1. The minimum Gasteiger partial charge on any atom is -0.503 e. The highest BCUT2D eigenvalue weighted by Gasteiger charge is 2.15. The summed E-state index contributed by atoms with van der Waals surface area (Å²) in [5.41, 5.74) is 0.476. The summed E-state index contributed by atoms with van der Waals surface area (Å²) in [6.45, 7) is 2.01. The van der Waals surface area contributed by atoms with E-state index in [2.05, 4.69) is 15.2 Å². The molecular formula is C15H16ClN3O4S. The smallest absolute Gasteiger partial charge is 0.342 e. The maximum Gasteiger partial charge on any atom is 0.342 e. The second-order valence-electron chi connectivity index (χ2n) is 4.78. The average molecular weight is 370 g/mol. The molecule has 1 aromatic heterocycles. The number of nitrogens with zero attached hydrogens (tertiary/aromatic N) is 2. The molecule has 0 radical (unpaired) electrons. The normalized spacial score (nSPS) is 11.5. The van der Waals surface area contributed by atoms with E-state index in [9.17, 15) is 15.0 Å². The first kappa shape index (κ1) is 18.2. The Labute approximate surface area is 147 Å². The molecule has 9 heteroatoms. The molecule has 0 aliphatic carbocycles. The largest absolute Gasteiger partial charge is 0.503 e. The second-order valence-corrected chi connectivity index (χ2v) is 6.20. The SMILES string of the molecule is CCCc1nc(S/C(=C/c2cc(Cl)c(O)c(OC)c2)C(=O)O)n[nH]1. The number of hydrogen-bond donors (Lipinski definition) is 3. The van der Waals surface area contributed by atoms with Crippen LogP contribution in [0.3, 0.4) is 0 Å². The van der Waals surface area contributed by atoms with Crippen LogP contribution < -0.4 is 4.74 Å². The standard InChI is InChI=1S/C15H16ClN3O4S/c1-3-4-12-17-15(19-18-12)24-11(14(21)22)7-8-5-9(16)13(20)10(6-8)23-2/h5-7,20H,3-4H2,1-2H3,(H,21,22)(H,17,18,19)/b11-7+. The van der Waals surface area contributed by atoms with Crippen LogP contribution in [0.1, 0.15) is 24.7 Å². The lowest BCUT2D eigenvalue weighted by Crippen LogP contribution is -1.97. The number of hydrogen-bond acceptors (Lipinski definition) is 6. The molecule has 7 nitrogen and oxygen atoms in total. The van der Waals surface area contributed by atoms with E-state index in [1.165, 1.54) is 25.3 Å². The fourth-order valence-electron chi connectivity index (χ4n) is 1.89. The van der Waals surface area contributed by atoms with Crippen molar-refractivity contribution in [1.82, 2.24) is 15.2 Å². The number of thioether (sulfide) groups is 1. The summed E-state index contributed by atoms with van der Waals surface area (Å²) in [6, 6.07) is 2.94. The van der Waals surface area contributed by atoms with Gasteiger partial charge in [0.05, 0.1) is 12.1 Å². The number of phenols is 1. The van der Waals surface area contributed by atoms with Crippen LogP contribution in [-0.2, 0) is 11.2 Å². The molecule has 0 amide bonds. The monoisotopic (exact) mass is 369 g/mol. The van der Waals surface area contributed by atoms with Crippen LogP contribution in [0.25, 0.3) is 6.08 Å². The van der Waals surface area contributed by atoms with Gasteiger partial charge in [0.25, 0.3) is 0 Å². The number of aromatic hydroxyl groups is 1. The van der Waals surface area contributed by atoms with Crippen molar-refractivity contribution in [2.24, 2.45) is 0 Å². The molecule has 2 aromatic rings. The number of aromatic nitrogens is 3. The second kappa shape index (κ2) is 8.07. The van der Waals surface area contributed by atoms with Gasteiger partial charge in [0, 0.05) is 6.42 Å². The number of benzene rings is 1. The van der Waals surface area contributed by atoms with Gasteiger partial charge in [-0.1, -0.05) is 18.5 Å². The molecule has 1 aromatic carbocycles. The Morgan fingerprint density at radius 2 is 2.25 bits per heavy atom. The third-order valence-electron chi connectivity index (χ3n) is 2.98. The molecule has 0 bridgehead atoms. The topological polar surface area (TPSA) is 108 Å². The van der Waals surface area contributed by atoms with Crippen LogP contribution in [0.5, 0.6) is 11.5 Å². The summed E-state index contributed by atoms with van der Waals surface area (Å²) in [7, 11) is 1.38. The van der Waals surface area contributed by atoms with Crippen molar-refractivity contribution in [3.8, 4) is 11.5 Å². The minimum atomic E-state index is -1.12. The molecule has 0 aliphatic heterocycles. The average Bonchev–Trinajstić information content (AvgIpc) is 2.97. The predicted molar refractivity (Wildman–Crippen MR) is 91.5 cm³/mol. The number of rotatable bonds is 7. The Hall–Kier alpha value is -2.19. The van der Waals surface area contributed by atoms with Crippen molar-refractivity contribution in [3.63, 3.8) is 0 Å².